The molecule has 0 atom stereocenters. The molecule has 0 radical (unpaired) electrons. The molecule has 9 aromatic rings. The molecule has 0 spiro atoms. The maximum Gasteiger partial charge on any atom is 0.181 e. The van der Waals surface area contributed by atoms with Crippen LogP contribution in [0.5, 0.6) is 0 Å². The molecule has 0 aliphatic heterocycles. The molecular weight excluding hydrogens is 572 g/mol. The summed E-state index contributed by atoms with van der Waals surface area (Å²) in [5, 5.41) is 0. The minimum atomic E-state index is 0.772. The summed E-state index contributed by atoms with van der Waals surface area (Å²) in [4.78, 5) is 15.0. The van der Waals surface area contributed by atoms with Crippen molar-refractivity contribution in [3.05, 3.63) is 147 Å². The lowest BCUT2D eigenvalue weighted by molar-refractivity contribution is 0.602. The van der Waals surface area contributed by atoms with E-state index in [1.165, 1.54) is 19.2 Å². The molecule has 218 valence electrons. The normalized spacial score (nSPS) is 11.5. The number of aromatic nitrogens is 3. The molecule has 3 aromatic heterocycles. The van der Waals surface area contributed by atoms with Crippen molar-refractivity contribution in [1.82, 2.24) is 15.0 Å². The summed E-state index contributed by atoms with van der Waals surface area (Å²) in [5.74, 6) is 0. The van der Waals surface area contributed by atoms with Gasteiger partial charge in [0.2, 0.25) is 0 Å². The molecule has 0 fully saturated rings. The number of hydrogen-bond donors (Lipinski definition) is 0. The van der Waals surface area contributed by atoms with Gasteiger partial charge in [0.25, 0.3) is 0 Å². The van der Waals surface area contributed by atoms with Gasteiger partial charge in [0.05, 0.1) is 0 Å². The molecule has 0 unspecified atom stereocenters. The fraction of sp³-hybridized carbons (Fsp3) is 0. The van der Waals surface area contributed by atoms with E-state index < -0.39 is 0 Å². The first-order valence-corrected chi connectivity index (χ1v) is 14.9. The zero-order valence-corrected chi connectivity index (χ0v) is 24.4. The summed E-state index contributed by atoms with van der Waals surface area (Å²) in [6, 6.07) is 44.0. The van der Waals surface area contributed by atoms with Crippen LogP contribution in [0.2, 0.25) is 0 Å². The van der Waals surface area contributed by atoms with Gasteiger partial charge in [-0.1, -0.05) is 54.6 Å². The highest BCUT2D eigenvalue weighted by molar-refractivity contribution is 5.85. The second-order valence-corrected chi connectivity index (χ2v) is 11.1. The first kappa shape index (κ1) is 26.0. The van der Waals surface area contributed by atoms with Gasteiger partial charge in [-0.3, -0.25) is 0 Å². The minimum Gasteiger partial charge on any atom is -0.443 e. The molecule has 0 N–H and O–H groups in total. The standard InChI is InChI=1S/C39H24N4O3/c1-10-31(11-2-25(1)28-7-16-34-37(19-28)44-22-40-34)43(32-12-3-26(4-13-32)29-8-17-35-38(20-29)45-23-41-35)33-14-5-27(6-15-33)30-9-18-36-39(21-30)46-24-42-36/h1-24H. The van der Waals surface area contributed by atoms with E-state index in [9.17, 15) is 0 Å². The zero-order chi connectivity index (χ0) is 30.5. The van der Waals surface area contributed by atoms with Crippen molar-refractivity contribution in [2.24, 2.45) is 0 Å². The van der Waals surface area contributed by atoms with Crippen LogP contribution in [-0.2, 0) is 0 Å². The Morgan fingerprint density at radius 1 is 0.326 bits per heavy atom. The lowest BCUT2D eigenvalue weighted by Gasteiger charge is -2.26. The number of hydrogen-bond acceptors (Lipinski definition) is 7. The van der Waals surface area contributed by atoms with Gasteiger partial charge in [-0.25, -0.2) is 15.0 Å². The van der Waals surface area contributed by atoms with Crippen LogP contribution in [0.3, 0.4) is 0 Å². The van der Waals surface area contributed by atoms with Gasteiger partial charge in [0.15, 0.2) is 35.9 Å². The van der Waals surface area contributed by atoms with E-state index in [0.29, 0.717) is 0 Å². The number of rotatable bonds is 6. The summed E-state index contributed by atoms with van der Waals surface area (Å²) < 4.78 is 16.6. The Balaban J connectivity index is 1.09. The maximum atomic E-state index is 5.54. The van der Waals surface area contributed by atoms with Gasteiger partial charge in [-0.05, 0) is 106 Å². The molecule has 0 aliphatic rings. The maximum absolute atomic E-state index is 5.54. The zero-order valence-electron chi connectivity index (χ0n) is 24.4. The molecular formula is C39H24N4O3. The number of nitrogens with zero attached hydrogens (tertiary/aromatic N) is 4. The Morgan fingerprint density at radius 3 is 0.913 bits per heavy atom. The van der Waals surface area contributed by atoms with E-state index >= 15 is 0 Å². The third kappa shape index (κ3) is 4.58. The van der Waals surface area contributed by atoms with Crippen LogP contribution in [0, 0.1) is 0 Å². The number of oxazole rings is 3. The fourth-order valence-electron chi connectivity index (χ4n) is 5.96. The van der Waals surface area contributed by atoms with Crippen LogP contribution in [0.1, 0.15) is 0 Å². The topological polar surface area (TPSA) is 81.3 Å². The Hall–Kier alpha value is -6.47. The highest BCUT2D eigenvalue weighted by atomic mass is 16.3. The van der Waals surface area contributed by atoms with Crippen molar-refractivity contribution in [2.75, 3.05) is 4.90 Å². The molecule has 0 saturated heterocycles. The van der Waals surface area contributed by atoms with E-state index in [4.69, 9.17) is 13.3 Å². The smallest absolute Gasteiger partial charge is 0.181 e. The van der Waals surface area contributed by atoms with Crippen LogP contribution < -0.4 is 4.90 Å². The molecule has 0 saturated carbocycles. The third-order valence-electron chi connectivity index (χ3n) is 8.37. The second-order valence-electron chi connectivity index (χ2n) is 11.1. The summed E-state index contributed by atoms with van der Waals surface area (Å²) in [6.45, 7) is 0. The lowest BCUT2D eigenvalue weighted by atomic mass is 10.0. The highest BCUT2D eigenvalue weighted by Gasteiger charge is 2.15. The molecule has 0 bridgehead atoms. The van der Waals surface area contributed by atoms with E-state index in [0.717, 1.165) is 83.7 Å². The summed E-state index contributed by atoms with van der Waals surface area (Å²) in [7, 11) is 0. The van der Waals surface area contributed by atoms with Gasteiger partial charge in [-0.15, -0.1) is 0 Å². The van der Waals surface area contributed by atoms with E-state index in [1.54, 1.807) is 0 Å². The van der Waals surface area contributed by atoms with Crippen molar-refractivity contribution >= 4 is 50.4 Å². The first-order valence-electron chi connectivity index (χ1n) is 14.9. The molecule has 46 heavy (non-hydrogen) atoms. The van der Waals surface area contributed by atoms with Gasteiger partial charge in [0, 0.05) is 17.1 Å². The third-order valence-corrected chi connectivity index (χ3v) is 8.37. The van der Waals surface area contributed by atoms with Crippen LogP contribution in [0.4, 0.5) is 17.1 Å². The van der Waals surface area contributed by atoms with Crippen LogP contribution in [0.25, 0.3) is 66.7 Å². The van der Waals surface area contributed by atoms with Gasteiger partial charge in [0.1, 0.15) is 16.6 Å². The number of benzene rings is 6. The highest BCUT2D eigenvalue weighted by Crippen LogP contribution is 2.38. The van der Waals surface area contributed by atoms with E-state index in [1.807, 2.05) is 36.4 Å². The Morgan fingerprint density at radius 2 is 0.609 bits per heavy atom. The first-order chi connectivity index (χ1) is 22.7. The molecule has 3 heterocycles. The van der Waals surface area contributed by atoms with Crippen molar-refractivity contribution < 1.29 is 13.3 Å². The Labute approximate surface area is 263 Å². The minimum absolute atomic E-state index is 0.772. The molecule has 0 aliphatic carbocycles. The Bertz CT molecular complexity index is 2190. The average Bonchev–Trinajstić information content (AvgIpc) is 3.89. The number of anilines is 3. The molecule has 0 amide bonds. The molecule has 6 aromatic carbocycles. The Kier molecular flexibility index (Phi) is 5.99. The van der Waals surface area contributed by atoms with Crippen molar-refractivity contribution in [3.8, 4) is 33.4 Å². The summed E-state index contributed by atoms with van der Waals surface area (Å²) in [6.07, 6.45) is 4.43. The van der Waals surface area contributed by atoms with Crippen LogP contribution in [0.15, 0.2) is 160 Å². The summed E-state index contributed by atoms with van der Waals surface area (Å²) >= 11 is 0. The van der Waals surface area contributed by atoms with E-state index in [-0.39, 0.29) is 0 Å². The molecule has 9 rings (SSSR count). The van der Waals surface area contributed by atoms with Crippen molar-refractivity contribution in [1.29, 1.82) is 0 Å². The quantitative estimate of drug-likeness (QED) is 0.189. The van der Waals surface area contributed by atoms with Crippen LogP contribution >= 0.6 is 0 Å². The van der Waals surface area contributed by atoms with Crippen molar-refractivity contribution in [3.63, 3.8) is 0 Å². The SMILES string of the molecule is c1nc2ccc(-c3ccc(N(c4ccc(-c5ccc6ncoc6c5)cc4)c4ccc(-c5ccc6ncoc6c5)cc4)cc3)cc2o1. The van der Waals surface area contributed by atoms with Crippen LogP contribution in [-0.4, -0.2) is 15.0 Å². The largest absolute Gasteiger partial charge is 0.443 e. The molecule has 7 nitrogen and oxygen atoms in total. The predicted molar refractivity (Wildman–Crippen MR) is 180 cm³/mol. The number of fused-ring (bicyclic) bond motifs is 3. The monoisotopic (exact) mass is 596 g/mol. The summed E-state index contributed by atoms with van der Waals surface area (Å²) in [5.41, 5.74) is 14.5. The second kappa shape index (κ2) is 10.6. The average molecular weight is 597 g/mol. The lowest BCUT2D eigenvalue weighted by Crippen LogP contribution is -2.09. The fourth-order valence-corrected chi connectivity index (χ4v) is 5.96. The van der Waals surface area contributed by atoms with E-state index in [2.05, 4.69) is 111 Å². The van der Waals surface area contributed by atoms with Crippen molar-refractivity contribution in [2.45, 2.75) is 0 Å². The van der Waals surface area contributed by atoms with Gasteiger partial charge in [-0.2, -0.15) is 0 Å². The molecule has 7 heteroatoms. The predicted octanol–water partition coefficient (Wildman–Crippen LogP) is 10.6. The van der Waals surface area contributed by atoms with Gasteiger partial charge < -0.3 is 18.2 Å². The van der Waals surface area contributed by atoms with Gasteiger partial charge >= 0.3 is 0 Å².